The van der Waals surface area contributed by atoms with Gasteiger partial charge in [-0.3, -0.25) is 4.79 Å². The number of rotatable bonds is 4. The molecule has 1 aliphatic rings. The maximum absolute atomic E-state index is 12.6. The van der Waals surface area contributed by atoms with Crippen LogP contribution in [0.5, 0.6) is 0 Å². The standard InChI is InChI=1S/C19H19ClN2O3S/c20-14-6-7-17(26-15-4-2-1-3-5-15)16(12-14)21-19(25)22-10-8-13(9-11-22)18(23)24/h1-7,12-13H,8-11H2,(H,21,25)(H,23,24). The van der Waals surface area contributed by atoms with Crippen LogP contribution in [-0.2, 0) is 4.79 Å². The molecule has 0 spiro atoms. The minimum absolute atomic E-state index is 0.231. The van der Waals surface area contributed by atoms with Gasteiger partial charge in [-0.25, -0.2) is 4.79 Å². The molecule has 1 fully saturated rings. The summed E-state index contributed by atoms with van der Waals surface area (Å²) in [6.45, 7) is 0.870. The molecule has 0 aromatic heterocycles. The van der Waals surface area contributed by atoms with Crippen molar-refractivity contribution in [1.82, 2.24) is 4.90 Å². The summed E-state index contributed by atoms with van der Waals surface area (Å²) in [5, 5.41) is 12.5. The summed E-state index contributed by atoms with van der Waals surface area (Å²) in [6, 6.07) is 15.1. The van der Waals surface area contributed by atoms with E-state index in [1.54, 1.807) is 28.8 Å². The van der Waals surface area contributed by atoms with Crippen LogP contribution in [0, 0.1) is 5.92 Å². The monoisotopic (exact) mass is 390 g/mol. The number of carboxylic acid groups (broad SMARTS) is 1. The van der Waals surface area contributed by atoms with Gasteiger partial charge in [-0.05, 0) is 43.2 Å². The molecule has 2 amide bonds. The summed E-state index contributed by atoms with van der Waals surface area (Å²) in [4.78, 5) is 27.2. The second-order valence-electron chi connectivity index (χ2n) is 6.09. The van der Waals surface area contributed by atoms with Crippen molar-refractivity contribution in [2.75, 3.05) is 18.4 Å². The lowest BCUT2D eigenvalue weighted by Gasteiger charge is -2.30. The minimum atomic E-state index is -0.790. The van der Waals surface area contributed by atoms with Crippen molar-refractivity contribution >= 4 is 41.1 Å². The van der Waals surface area contributed by atoms with Crippen molar-refractivity contribution in [2.24, 2.45) is 5.92 Å². The maximum atomic E-state index is 12.6. The summed E-state index contributed by atoms with van der Waals surface area (Å²) in [7, 11) is 0. The topological polar surface area (TPSA) is 69.6 Å². The zero-order valence-corrected chi connectivity index (χ0v) is 15.6. The van der Waals surface area contributed by atoms with Crippen molar-refractivity contribution in [2.45, 2.75) is 22.6 Å². The number of anilines is 1. The predicted octanol–water partition coefficient (Wildman–Crippen LogP) is 4.82. The zero-order valence-electron chi connectivity index (χ0n) is 14.0. The number of halogens is 1. The Morgan fingerprint density at radius 3 is 2.46 bits per heavy atom. The van der Waals surface area contributed by atoms with Crippen LogP contribution >= 0.6 is 23.4 Å². The number of carbonyl (C=O) groups excluding carboxylic acids is 1. The Hall–Kier alpha value is -2.18. The van der Waals surface area contributed by atoms with Gasteiger partial charge in [0.2, 0.25) is 0 Å². The molecule has 7 heteroatoms. The molecule has 2 aromatic carbocycles. The lowest BCUT2D eigenvalue weighted by molar-refractivity contribution is -0.143. The SMILES string of the molecule is O=C(O)C1CCN(C(=O)Nc2cc(Cl)ccc2Sc2ccccc2)CC1. The van der Waals surface area contributed by atoms with Crippen LogP contribution in [0.2, 0.25) is 5.02 Å². The van der Waals surface area contributed by atoms with E-state index in [1.807, 2.05) is 36.4 Å². The third-order valence-corrected chi connectivity index (χ3v) is 5.60. The number of likely N-dealkylation sites (tertiary alicyclic amines) is 1. The highest BCUT2D eigenvalue weighted by Gasteiger charge is 2.27. The van der Waals surface area contributed by atoms with Gasteiger partial charge in [-0.15, -0.1) is 0 Å². The van der Waals surface area contributed by atoms with Crippen molar-refractivity contribution in [3.63, 3.8) is 0 Å². The molecule has 0 unspecified atom stereocenters. The molecule has 1 saturated heterocycles. The number of nitrogens with zero attached hydrogens (tertiary/aromatic N) is 1. The van der Waals surface area contributed by atoms with E-state index >= 15 is 0 Å². The fraction of sp³-hybridized carbons (Fsp3) is 0.263. The Morgan fingerprint density at radius 2 is 1.81 bits per heavy atom. The van der Waals surface area contributed by atoms with Crippen LogP contribution in [0.25, 0.3) is 0 Å². The number of nitrogens with one attached hydrogen (secondary N) is 1. The molecule has 2 N–H and O–H groups in total. The van der Waals surface area contributed by atoms with Crippen LogP contribution in [0.4, 0.5) is 10.5 Å². The zero-order chi connectivity index (χ0) is 18.5. The molecule has 3 rings (SSSR count). The van der Waals surface area contributed by atoms with E-state index in [1.165, 1.54) is 0 Å². The number of aliphatic carboxylic acids is 1. The number of urea groups is 1. The number of carboxylic acids is 1. The number of hydrogen-bond acceptors (Lipinski definition) is 3. The third kappa shape index (κ3) is 4.71. The first-order valence-corrected chi connectivity index (χ1v) is 9.53. The van der Waals surface area contributed by atoms with Crippen LogP contribution in [0.15, 0.2) is 58.3 Å². The van der Waals surface area contributed by atoms with Gasteiger partial charge in [0.1, 0.15) is 0 Å². The molecule has 1 aliphatic heterocycles. The number of benzene rings is 2. The molecule has 2 aromatic rings. The molecule has 0 radical (unpaired) electrons. The highest BCUT2D eigenvalue weighted by molar-refractivity contribution is 7.99. The molecule has 0 aliphatic carbocycles. The Kier molecular flexibility index (Phi) is 6.06. The number of amides is 2. The maximum Gasteiger partial charge on any atom is 0.321 e. The van der Waals surface area contributed by atoms with Crippen molar-refractivity contribution in [1.29, 1.82) is 0 Å². The normalized spacial score (nSPS) is 14.9. The van der Waals surface area contributed by atoms with Crippen LogP contribution in [0.1, 0.15) is 12.8 Å². The quantitative estimate of drug-likeness (QED) is 0.785. The summed E-state index contributed by atoms with van der Waals surface area (Å²) in [5.41, 5.74) is 0.650. The van der Waals surface area contributed by atoms with Crippen LogP contribution in [0.3, 0.4) is 0 Å². The minimum Gasteiger partial charge on any atom is -0.481 e. The first-order valence-electron chi connectivity index (χ1n) is 8.34. The molecule has 0 atom stereocenters. The number of hydrogen-bond donors (Lipinski definition) is 2. The average molecular weight is 391 g/mol. The Labute approximate surface area is 161 Å². The van der Waals surface area contributed by atoms with Gasteiger partial charge >= 0.3 is 12.0 Å². The van der Waals surface area contributed by atoms with Crippen molar-refractivity contribution in [3.8, 4) is 0 Å². The Balaban J connectivity index is 1.70. The Bertz CT molecular complexity index is 793. The first kappa shape index (κ1) is 18.6. The van der Waals surface area contributed by atoms with Crippen LogP contribution in [-0.4, -0.2) is 35.1 Å². The van der Waals surface area contributed by atoms with Gasteiger partial charge in [0, 0.05) is 27.9 Å². The van der Waals surface area contributed by atoms with Gasteiger partial charge in [-0.2, -0.15) is 0 Å². The fourth-order valence-corrected chi connectivity index (χ4v) is 3.90. The number of carbonyl (C=O) groups is 2. The van der Waals surface area contributed by atoms with Gasteiger partial charge < -0.3 is 15.3 Å². The summed E-state index contributed by atoms with van der Waals surface area (Å²) >= 11 is 7.65. The van der Waals surface area contributed by atoms with E-state index in [0.29, 0.717) is 36.6 Å². The Morgan fingerprint density at radius 1 is 1.12 bits per heavy atom. The van der Waals surface area contributed by atoms with E-state index in [0.717, 1.165) is 9.79 Å². The molecule has 136 valence electrons. The summed E-state index contributed by atoms with van der Waals surface area (Å²) in [6.07, 6.45) is 0.952. The lowest BCUT2D eigenvalue weighted by atomic mass is 9.97. The van der Waals surface area contributed by atoms with E-state index < -0.39 is 5.97 Å². The average Bonchev–Trinajstić information content (AvgIpc) is 2.65. The van der Waals surface area contributed by atoms with E-state index in [2.05, 4.69) is 5.32 Å². The van der Waals surface area contributed by atoms with Crippen molar-refractivity contribution in [3.05, 3.63) is 53.6 Å². The summed E-state index contributed by atoms with van der Waals surface area (Å²) < 4.78 is 0. The lowest BCUT2D eigenvalue weighted by Crippen LogP contribution is -2.42. The molecular weight excluding hydrogens is 372 g/mol. The molecule has 0 saturated carbocycles. The largest absolute Gasteiger partial charge is 0.481 e. The van der Waals surface area contributed by atoms with E-state index in [4.69, 9.17) is 16.7 Å². The highest BCUT2D eigenvalue weighted by Crippen LogP contribution is 2.35. The molecule has 26 heavy (non-hydrogen) atoms. The van der Waals surface area contributed by atoms with Gasteiger partial charge in [0.25, 0.3) is 0 Å². The van der Waals surface area contributed by atoms with E-state index in [-0.39, 0.29) is 11.9 Å². The molecular formula is C19H19ClN2O3S. The van der Waals surface area contributed by atoms with Crippen molar-refractivity contribution < 1.29 is 14.7 Å². The second-order valence-corrected chi connectivity index (χ2v) is 7.64. The highest BCUT2D eigenvalue weighted by atomic mass is 35.5. The van der Waals surface area contributed by atoms with Gasteiger partial charge in [-0.1, -0.05) is 41.6 Å². The molecule has 0 bridgehead atoms. The molecule has 5 nitrogen and oxygen atoms in total. The molecule has 1 heterocycles. The first-order chi connectivity index (χ1) is 12.5. The predicted molar refractivity (Wildman–Crippen MR) is 103 cm³/mol. The smallest absolute Gasteiger partial charge is 0.321 e. The van der Waals surface area contributed by atoms with Gasteiger partial charge in [0.05, 0.1) is 11.6 Å². The van der Waals surface area contributed by atoms with Gasteiger partial charge in [0.15, 0.2) is 0 Å². The van der Waals surface area contributed by atoms with E-state index in [9.17, 15) is 9.59 Å². The summed E-state index contributed by atoms with van der Waals surface area (Å²) in [5.74, 6) is -1.16. The fourth-order valence-electron chi connectivity index (χ4n) is 2.83. The third-order valence-electron chi connectivity index (χ3n) is 4.29. The number of piperidine rings is 1. The second kappa shape index (κ2) is 8.47. The van der Waals surface area contributed by atoms with Crippen LogP contribution < -0.4 is 5.32 Å².